The largest absolute Gasteiger partial charge is 0.381 e. The highest BCUT2D eigenvalue weighted by Crippen LogP contribution is 2.25. The molecule has 1 saturated heterocycles. The first kappa shape index (κ1) is 13.4. The number of ether oxygens (including phenoxy) is 1. The molecule has 1 atom stereocenters. The first-order valence-corrected chi connectivity index (χ1v) is 6.87. The van der Waals surface area contributed by atoms with Gasteiger partial charge in [0.15, 0.2) is 0 Å². The molecule has 0 aromatic carbocycles. The van der Waals surface area contributed by atoms with Gasteiger partial charge in [-0.15, -0.1) is 0 Å². The molecule has 18 heavy (non-hydrogen) atoms. The molecule has 0 radical (unpaired) electrons. The van der Waals surface area contributed by atoms with E-state index in [1.54, 1.807) is 0 Å². The van der Waals surface area contributed by atoms with Gasteiger partial charge in [-0.1, -0.05) is 6.92 Å². The number of nitrogens with zero attached hydrogens (tertiary/aromatic N) is 2. The van der Waals surface area contributed by atoms with Crippen LogP contribution in [0.5, 0.6) is 0 Å². The molecular formula is C14H23N3O. The van der Waals surface area contributed by atoms with Crippen LogP contribution >= 0.6 is 0 Å². The molecule has 0 spiro atoms. The van der Waals surface area contributed by atoms with Crippen molar-refractivity contribution in [3.8, 4) is 0 Å². The maximum atomic E-state index is 5.38. The number of nitrogens with one attached hydrogen (secondary N) is 1. The van der Waals surface area contributed by atoms with Crippen LogP contribution in [0.1, 0.15) is 55.7 Å². The van der Waals surface area contributed by atoms with Crippen molar-refractivity contribution in [2.45, 2.75) is 45.6 Å². The fraction of sp³-hybridized carbons (Fsp3) is 0.714. The van der Waals surface area contributed by atoms with Crippen LogP contribution in [-0.2, 0) is 4.74 Å². The zero-order chi connectivity index (χ0) is 13.0. The molecule has 0 aliphatic carbocycles. The van der Waals surface area contributed by atoms with Gasteiger partial charge in [0.2, 0.25) is 0 Å². The molecule has 2 heterocycles. The number of hydrogen-bond donors (Lipinski definition) is 1. The quantitative estimate of drug-likeness (QED) is 0.889. The van der Waals surface area contributed by atoms with Crippen LogP contribution in [0.3, 0.4) is 0 Å². The van der Waals surface area contributed by atoms with E-state index >= 15 is 0 Å². The second-order valence-electron chi connectivity index (χ2n) is 4.93. The van der Waals surface area contributed by atoms with Crippen molar-refractivity contribution in [1.82, 2.24) is 15.3 Å². The molecule has 4 heteroatoms. The van der Waals surface area contributed by atoms with Crippen molar-refractivity contribution in [2.75, 3.05) is 19.8 Å². The predicted molar refractivity (Wildman–Crippen MR) is 71.7 cm³/mol. The van der Waals surface area contributed by atoms with E-state index in [4.69, 9.17) is 9.72 Å². The third kappa shape index (κ3) is 3.06. The minimum atomic E-state index is 0.318. The van der Waals surface area contributed by atoms with E-state index in [-0.39, 0.29) is 0 Å². The van der Waals surface area contributed by atoms with Gasteiger partial charge in [0.25, 0.3) is 0 Å². The van der Waals surface area contributed by atoms with Crippen LogP contribution in [0, 0.1) is 6.92 Å². The summed E-state index contributed by atoms with van der Waals surface area (Å²) in [5.74, 6) is 1.46. The lowest BCUT2D eigenvalue weighted by atomic mass is 9.99. The van der Waals surface area contributed by atoms with Gasteiger partial charge >= 0.3 is 0 Å². The molecule has 100 valence electrons. The number of aromatic nitrogens is 2. The lowest BCUT2D eigenvalue weighted by molar-refractivity contribution is 0.0835. The van der Waals surface area contributed by atoms with Crippen LogP contribution in [0.4, 0.5) is 0 Å². The molecule has 2 rings (SSSR count). The molecule has 1 aromatic heterocycles. The van der Waals surface area contributed by atoms with Crippen molar-refractivity contribution < 1.29 is 4.74 Å². The van der Waals surface area contributed by atoms with Gasteiger partial charge in [-0.3, -0.25) is 0 Å². The first-order chi connectivity index (χ1) is 8.72. The normalized spacial score (nSPS) is 18.8. The van der Waals surface area contributed by atoms with Crippen LogP contribution in [0.2, 0.25) is 0 Å². The Bertz CT molecular complexity index is 389. The van der Waals surface area contributed by atoms with Gasteiger partial charge < -0.3 is 10.1 Å². The first-order valence-electron chi connectivity index (χ1n) is 6.87. The predicted octanol–water partition coefficient (Wildman–Crippen LogP) is 2.35. The molecule has 1 aromatic rings. The van der Waals surface area contributed by atoms with Crippen molar-refractivity contribution in [1.29, 1.82) is 0 Å². The van der Waals surface area contributed by atoms with E-state index in [9.17, 15) is 0 Å². The lowest BCUT2D eigenvalue weighted by Crippen LogP contribution is -2.21. The minimum absolute atomic E-state index is 0.318. The van der Waals surface area contributed by atoms with Crippen LogP contribution < -0.4 is 5.32 Å². The fourth-order valence-corrected chi connectivity index (χ4v) is 2.49. The zero-order valence-electron chi connectivity index (χ0n) is 11.6. The summed E-state index contributed by atoms with van der Waals surface area (Å²) in [5, 5.41) is 3.40. The SMILES string of the molecule is CCNC(C)c1cnc(C2CCOCC2)nc1C. The Hall–Kier alpha value is -1.00. The molecular weight excluding hydrogens is 226 g/mol. The summed E-state index contributed by atoms with van der Waals surface area (Å²) in [4.78, 5) is 9.25. The third-order valence-electron chi connectivity index (χ3n) is 3.60. The average molecular weight is 249 g/mol. The monoisotopic (exact) mass is 249 g/mol. The lowest BCUT2D eigenvalue weighted by Gasteiger charge is -2.22. The molecule has 0 amide bonds. The molecule has 1 N–H and O–H groups in total. The Balaban J connectivity index is 2.13. The van der Waals surface area contributed by atoms with E-state index < -0.39 is 0 Å². The topological polar surface area (TPSA) is 47.0 Å². The fourth-order valence-electron chi connectivity index (χ4n) is 2.49. The molecule has 1 fully saturated rings. The zero-order valence-corrected chi connectivity index (χ0v) is 11.6. The summed E-state index contributed by atoms with van der Waals surface area (Å²) in [6.07, 6.45) is 4.07. The highest BCUT2D eigenvalue weighted by atomic mass is 16.5. The van der Waals surface area contributed by atoms with Crippen LogP contribution in [0.25, 0.3) is 0 Å². The van der Waals surface area contributed by atoms with Gasteiger partial charge in [0.05, 0.1) is 0 Å². The smallest absolute Gasteiger partial charge is 0.131 e. The van der Waals surface area contributed by atoms with Gasteiger partial charge in [0, 0.05) is 42.6 Å². The van der Waals surface area contributed by atoms with E-state index in [1.165, 1.54) is 5.56 Å². The van der Waals surface area contributed by atoms with Crippen molar-refractivity contribution in [3.05, 3.63) is 23.3 Å². The molecule has 4 nitrogen and oxygen atoms in total. The third-order valence-corrected chi connectivity index (χ3v) is 3.60. The van der Waals surface area contributed by atoms with Gasteiger partial charge in [-0.2, -0.15) is 0 Å². The van der Waals surface area contributed by atoms with Gasteiger partial charge in [-0.25, -0.2) is 9.97 Å². The summed E-state index contributed by atoms with van der Waals surface area (Å²) in [6, 6.07) is 0.318. The highest BCUT2D eigenvalue weighted by Gasteiger charge is 2.19. The summed E-state index contributed by atoms with van der Waals surface area (Å²) in [5.41, 5.74) is 2.30. The Morgan fingerprint density at radius 1 is 1.44 bits per heavy atom. The van der Waals surface area contributed by atoms with Crippen LogP contribution in [0.15, 0.2) is 6.20 Å². The highest BCUT2D eigenvalue weighted by molar-refractivity contribution is 5.20. The Labute approximate surface area is 109 Å². The molecule has 1 unspecified atom stereocenters. The van der Waals surface area contributed by atoms with E-state index in [0.29, 0.717) is 12.0 Å². The average Bonchev–Trinajstić information content (AvgIpc) is 2.40. The van der Waals surface area contributed by atoms with Crippen molar-refractivity contribution in [2.24, 2.45) is 0 Å². The van der Waals surface area contributed by atoms with Gasteiger partial charge in [-0.05, 0) is 33.2 Å². The molecule has 0 bridgehead atoms. The second kappa shape index (κ2) is 6.25. The van der Waals surface area contributed by atoms with Crippen molar-refractivity contribution in [3.63, 3.8) is 0 Å². The van der Waals surface area contributed by atoms with Crippen LogP contribution in [-0.4, -0.2) is 29.7 Å². The van der Waals surface area contributed by atoms with E-state index in [2.05, 4.69) is 31.1 Å². The molecule has 1 aliphatic rings. The maximum Gasteiger partial charge on any atom is 0.131 e. The molecule has 0 saturated carbocycles. The Morgan fingerprint density at radius 2 is 2.17 bits per heavy atom. The maximum absolute atomic E-state index is 5.38. The number of rotatable bonds is 4. The standard InChI is InChI=1S/C14H23N3O/c1-4-15-10(2)13-9-16-14(17-11(13)3)12-5-7-18-8-6-12/h9-10,12,15H,4-8H2,1-3H3. The summed E-state index contributed by atoms with van der Waals surface area (Å²) in [7, 11) is 0. The Kier molecular flexibility index (Phi) is 4.66. The van der Waals surface area contributed by atoms with E-state index in [0.717, 1.165) is 44.1 Å². The summed E-state index contributed by atoms with van der Waals surface area (Å²) < 4.78 is 5.38. The van der Waals surface area contributed by atoms with Crippen molar-refractivity contribution >= 4 is 0 Å². The number of aryl methyl sites for hydroxylation is 1. The second-order valence-corrected chi connectivity index (χ2v) is 4.93. The van der Waals surface area contributed by atoms with E-state index in [1.807, 2.05) is 6.20 Å². The minimum Gasteiger partial charge on any atom is -0.381 e. The molecule has 1 aliphatic heterocycles. The Morgan fingerprint density at radius 3 is 2.78 bits per heavy atom. The van der Waals surface area contributed by atoms with Gasteiger partial charge in [0.1, 0.15) is 5.82 Å². The number of hydrogen-bond acceptors (Lipinski definition) is 4. The summed E-state index contributed by atoms with van der Waals surface area (Å²) in [6.45, 7) is 8.98. The summed E-state index contributed by atoms with van der Waals surface area (Å²) >= 11 is 0.